The van der Waals surface area contributed by atoms with Crippen molar-refractivity contribution < 1.29 is 0 Å². The average molecular weight is 302 g/mol. The highest BCUT2D eigenvalue weighted by atomic mass is 15.1. The van der Waals surface area contributed by atoms with Crippen LogP contribution < -0.4 is 4.90 Å². The van der Waals surface area contributed by atoms with Crippen LogP contribution in [0.4, 0.5) is 5.69 Å². The minimum Gasteiger partial charge on any atom is -0.371 e. The fourth-order valence-corrected chi connectivity index (χ4v) is 3.28. The van der Waals surface area contributed by atoms with Crippen LogP contribution in [0, 0.1) is 11.3 Å². The van der Waals surface area contributed by atoms with Gasteiger partial charge in [0.25, 0.3) is 0 Å². The number of hydrogen-bond donors (Lipinski definition) is 0. The maximum absolute atomic E-state index is 9.01. The van der Waals surface area contributed by atoms with Crippen molar-refractivity contribution in [3.8, 4) is 11.8 Å². The maximum atomic E-state index is 9.01. The van der Waals surface area contributed by atoms with Crippen LogP contribution in [-0.4, -0.2) is 22.6 Å². The fourth-order valence-electron chi connectivity index (χ4n) is 3.28. The molecular weight excluding hydrogens is 284 g/mol. The Bertz CT molecular complexity index is 882. The molecule has 114 valence electrons. The van der Waals surface area contributed by atoms with Gasteiger partial charge in [0.05, 0.1) is 22.7 Å². The van der Waals surface area contributed by atoms with E-state index < -0.39 is 0 Å². The highest BCUT2D eigenvalue weighted by molar-refractivity contribution is 5.79. The summed E-state index contributed by atoms with van der Waals surface area (Å²) in [5.74, 6) is 0. The lowest BCUT2D eigenvalue weighted by Gasteiger charge is -2.29. The van der Waals surface area contributed by atoms with Crippen LogP contribution >= 0.6 is 0 Å². The predicted octanol–water partition coefficient (Wildman–Crippen LogP) is 3.89. The summed E-state index contributed by atoms with van der Waals surface area (Å²) in [6.07, 6.45) is 5.72. The maximum Gasteiger partial charge on any atom is 0.100 e. The second-order valence-corrected chi connectivity index (χ2v) is 6.00. The molecule has 0 aliphatic carbocycles. The molecule has 0 saturated carbocycles. The fraction of sp³-hybridized carbons (Fsp3) is 0.263. The lowest BCUT2D eigenvalue weighted by molar-refractivity contribution is 0.578. The Morgan fingerprint density at radius 3 is 2.61 bits per heavy atom. The summed E-state index contributed by atoms with van der Waals surface area (Å²) in [6.45, 7) is 2.28. The standard InChI is InChI=1S/C19H18N4/c20-13-15-7-8-19-18(11-15)21-14-23(19)17-6-4-5-16(12-17)22-9-2-1-3-10-22/h4-8,11-12,14H,1-3,9-10H2. The van der Waals surface area contributed by atoms with Crippen molar-refractivity contribution in [1.29, 1.82) is 5.26 Å². The molecule has 4 rings (SSSR count). The third-order valence-corrected chi connectivity index (χ3v) is 4.51. The van der Waals surface area contributed by atoms with Crippen LogP contribution in [0.1, 0.15) is 24.8 Å². The van der Waals surface area contributed by atoms with E-state index in [9.17, 15) is 0 Å². The van der Waals surface area contributed by atoms with Crippen LogP contribution in [0.5, 0.6) is 0 Å². The van der Waals surface area contributed by atoms with E-state index in [0.29, 0.717) is 5.56 Å². The molecule has 4 nitrogen and oxygen atoms in total. The van der Waals surface area contributed by atoms with Crippen LogP contribution in [-0.2, 0) is 0 Å². The lowest BCUT2D eigenvalue weighted by Crippen LogP contribution is -2.29. The van der Waals surface area contributed by atoms with Gasteiger partial charge < -0.3 is 4.90 Å². The van der Waals surface area contributed by atoms with Gasteiger partial charge in [-0.2, -0.15) is 5.26 Å². The smallest absolute Gasteiger partial charge is 0.100 e. The predicted molar refractivity (Wildman–Crippen MR) is 91.8 cm³/mol. The van der Waals surface area contributed by atoms with Gasteiger partial charge in [-0.3, -0.25) is 4.57 Å². The minimum absolute atomic E-state index is 0.643. The number of imidazole rings is 1. The number of nitriles is 1. The topological polar surface area (TPSA) is 44.9 Å². The Morgan fingerprint density at radius 2 is 1.78 bits per heavy atom. The zero-order chi connectivity index (χ0) is 15.6. The number of aromatic nitrogens is 2. The Kier molecular flexibility index (Phi) is 3.47. The molecule has 1 aliphatic heterocycles. The van der Waals surface area contributed by atoms with E-state index in [1.54, 1.807) is 0 Å². The van der Waals surface area contributed by atoms with Gasteiger partial charge in [0.15, 0.2) is 0 Å². The van der Waals surface area contributed by atoms with Crippen molar-refractivity contribution in [2.75, 3.05) is 18.0 Å². The number of anilines is 1. The largest absolute Gasteiger partial charge is 0.371 e. The van der Waals surface area contributed by atoms with E-state index in [4.69, 9.17) is 5.26 Å². The highest BCUT2D eigenvalue weighted by Crippen LogP contribution is 2.25. The molecule has 0 atom stereocenters. The van der Waals surface area contributed by atoms with Crippen molar-refractivity contribution in [2.24, 2.45) is 0 Å². The summed E-state index contributed by atoms with van der Waals surface area (Å²) in [6, 6.07) is 16.4. The lowest BCUT2D eigenvalue weighted by atomic mass is 10.1. The Morgan fingerprint density at radius 1 is 0.957 bits per heavy atom. The van der Waals surface area contributed by atoms with Gasteiger partial charge in [0.2, 0.25) is 0 Å². The molecule has 23 heavy (non-hydrogen) atoms. The number of rotatable bonds is 2. The number of nitrogens with zero attached hydrogens (tertiary/aromatic N) is 4. The summed E-state index contributed by atoms with van der Waals surface area (Å²) in [5.41, 5.74) is 4.91. The number of hydrogen-bond acceptors (Lipinski definition) is 3. The number of fused-ring (bicyclic) bond motifs is 1. The van der Waals surface area contributed by atoms with Crippen molar-refractivity contribution >= 4 is 16.7 Å². The second-order valence-electron chi connectivity index (χ2n) is 6.00. The molecule has 3 aromatic rings. The van der Waals surface area contributed by atoms with Gasteiger partial charge in [-0.05, 0) is 55.7 Å². The van der Waals surface area contributed by atoms with Crippen molar-refractivity contribution in [3.05, 3.63) is 54.4 Å². The van der Waals surface area contributed by atoms with Gasteiger partial charge in [-0.15, -0.1) is 0 Å². The third kappa shape index (κ3) is 2.55. The Balaban J connectivity index is 1.74. The first-order chi connectivity index (χ1) is 11.3. The van der Waals surface area contributed by atoms with E-state index in [2.05, 4.69) is 44.8 Å². The molecule has 0 amide bonds. The first-order valence-corrected chi connectivity index (χ1v) is 8.08. The Hall–Kier alpha value is -2.80. The Labute approximate surface area is 135 Å². The molecule has 0 unspecified atom stereocenters. The molecule has 0 N–H and O–H groups in total. The molecule has 1 fully saturated rings. The second kappa shape index (κ2) is 5.77. The SMILES string of the molecule is N#Cc1ccc2c(c1)ncn2-c1cccc(N2CCCCC2)c1. The van der Waals surface area contributed by atoms with Gasteiger partial charge in [-0.25, -0.2) is 4.98 Å². The van der Waals surface area contributed by atoms with E-state index in [0.717, 1.165) is 29.8 Å². The summed E-state index contributed by atoms with van der Waals surface area (Å²) >= 11 is 0. The summed E-state index contributed by atoms with van der Waals surface area (Å²) in [4.78, 5) is 6.90. The first-order valence-electron chi connectivity index (χ1n) is 8.08. The van der Waals surface area contributed by atoms with Gasteiger partial charge in [-0.1, -0.05) is 6.07 Å². The zero-order valence-electron chi connectivity index (χ0n) is 12.9. The molecule has 0 radical (unpaired) electrons. The molecule has 4 heteroatoms. The zero-order valence-corrected chi connectivity index (χ0v) is 12.9. The normalized spacial score (nSPS) is 14.8. The van der Waals surface area contributed by atoms with Crippen LogP contribution in [0.3, 0.4) is 0 Å². The molecular formula is C19H18N4. The van der Waals surface area contributed by atoms with Crippen LogP contribution in [0.2, 0.25) is 0 Å². The highest BCUT2D eigenvalue weighted by Gasteiger charge is 2.12. The van der Waals surface area contributed by atoms with Gasteiger partial charge >= 0.3 is 0 Å². The first kappa shape index (κ1) is 13.8. The van der Waals surface area contributed by atoms with E-state index in [1.165, 1.54) is 24.9 Å². The van der Waals surface area contributed by atoms with Crippen molar-refractivity contribution in [1.82, 2.24) is 9.55 Å². The molecule has 2 aromatic carbocycles. The van der Waals surface area contributed by atoms with Crippen LogP contribution in [0.25, 0.3) is 16.7 Å². The summed E-state index contributed by atoms with van der Waals surface area (Å²) in [7, 11) is 0. The molecule has 2 heterocycles. The molecule has 0 bridgehead atoms. The molecule has 0 spiro atoms. The average Bonchev–Trinajstić information content (AvgIpc) is 3.05. The summed E-state index contributed by atoms with van der Waals surface area (Å²) < 4.78 is 2.09. The van der Waals surface area contributed by atoms with E-state index in [1.807, 2.05) is 24.5 Å². The molecule has 1 aromatic heterocycles. The number of piperidine rings is 1. The quantitative estimate of drug-likeness (QED) is 0.721. The van der Waals surface area contributed by atoms with Crippen LogP contribution in [0.15, 0.2) is 48.8 Å². The molecule has 1 saturated heterocycles. The molecule has 1 aliphatic rings. The number of benzene rings is 2. The van der Waals surface area contributed by atoms with Gasteiger partial charge in [0, 0.05) is 24.5 Å². The summed E-state index contributed by atoms with van der Waals surface area (Å²) in [5, 5.41) is 9.01. The van der Waals surface area contributed by atoms with Crippen molar-refractivity contribution in [3.63, 3.8) is 0 Å². The third-order valence-electron chi connectivity index (χ3n) is 4.51. The van der Waals surface area contributed by atoms with Crippen molar-refractivity contribution in [2.45, 2.75) is 19.3 Å². The van der Waals surface area contributed by atoms with E-state index in [-0.39, 0.29) is 0 Å². The monoisotopic (exact) mass is 302 g/mol. The van der Waals surface area contributed by atoms with Gasteiger partial charge in [0.1, 0.15) is 6.33 Å². The minimum atomic E-state index is 0.643. The van der Waals surface area contributed by atoms with E-state index >= 15 is 0 Å².